The molecule has 4 heteroatoms. The second-order valence-corrected chi connectivity index (χ2v) is 5.41. The molecule has 4 aromatic rings. The zero-order chi connectivity index (χ0) is 14.9. The van der Waals surface area contributed by atoms with Gasteiger partial charge < -0.3 is 4.90 Å². The second-order valence-electron chi connectivity index (χ2n) is 5.41. The van der Waals surface area contributed by atoms with Crippen LogP contribution < -0.4 is 4.90 Å². The van der Waals surface area contributed by atoms with Gasteiger partial charge >= 0.3 is 0 Å². The lowest BCUT2D eigenvalue weighted by Gasteiger charge is -2.20. The number of hydrogen-bond donors (Lipinski definition) is 0. The molecule has 4 nitrogen and oxygen atoms in total. The van der Waals surface area contributed by atoms with Crippen molar-refractivity contribution in [2.24, 2.45) is 0 Å². The van der Waals surface area contributed by atoms with Crippen molar-refractivity contribution in [2.45, 2.75) is 6.54 Å². The van der Waals surface area contributed by atoms with Crippen LogP contribution in [0.3, 0.4) is 0 Å². The summed E-state index contributed by atoms with van der Waals surface area (Å²) >= 11 is 0. The van der Waals surface area contributed by atoms with E-state index in [2.05, 4.69) is 51.7 Å². The molecule has 4 rings (SSSR count). The number of imidazole rings is 1. The zero-order valence-electron chi connectivity index (χ0n) is 12.3. The summed E-state index contributed by atoms with van der Waals surface area (Å²) in [5, 5.41) is 0. The van der Waals surface area contributed by atoms with E-state index in [1.165, 1.54) is 5.56 Å². The molecule has 2 aromatic carbocycles. The van der Waals surface area contributed by atoms with Gasteiger partial charge in [0.1, 0.15) is 5.52 Å². The van der Waals surface area contributed by atoms with Gasteiger partial charge in [-0.1, -0.05) is 42.5 Å². The van der Waals surface area contributed by atoms with Crippen molar-refractivity contribution < 1.29 is 0 Å². The monoisotopic (exact) mass is 288 g/mol. The van der Waals surface area contributed by atoms with Crippen LogP contribution in [0.4, 0.5) is 5.82 Å². The third-order valence-electron chi connectivity index (χ3n) is 3.86. The van der Waals surface area contributed by atoms with Crippen LogP contribution in [-0.2, 0) is 6.54 Å². The summed E-state index contributed by atoms with van der Waals surface area (Å²) < 4.78 is 2.10. The highest BCUT2D eigenvalue weighted by molar-refractivity contribution is 5.84. The van der Waals surface area contributed by atoms with Gasteiger partial charge in [-0.15, -0.1) is 0 Å². The summed E-state index contributed by atoms with van der Waals surface area (Å²) in [4.78, 5) is 11.3. The minimum atomic E-state index is 0.813. The van der Waals surface area contributed by atoms with Crippen LogP contribution >= 0.6 is 0 Å². The first-order valence-corrected chi connectivity index (χ1v) is 7.29. The van der Waals surface area contributed by atoms with E-state index in [0.29, 0.717) is 0 Å². The molecule has 0 aliphatic rings. The van der Waals surface area contributed by atoms with Crippen LogP contribution in [0.15, 0.2) is 67.1 Å². The van der Waals surface area contributed by atoms with Gasteiger partial charge in [-0.2, -0.15) is 0 Å². The van der Waals surface area contributed by atoms with Crippen molar-refractivity contribution >= 4 is 22.4 Å². The van der Waals surface area contributed by atoms with Crippen LogP contribution in [0.1, 0.15) is 5.56 Å². The molecule has 2 aromatic heterocycles. The Morgan fingerprint density at radius 1 is 0.955 bits per heavy atom. The Hall–Kier alpha value is -2.88. The number of nitrogens with zero attached hydrogens (tertiary/aromatic N) is 4. The molecule has 0 spiro atoms. The molecule has 0 fully saturated rings. The van der Waals surface area contributed by atoms with Gasteiger partial charge in [0.15, 0.2) is 5.82 Å². The fraction of sp³-hybridized carbons (Fsp3) is 0.111. The molecule has 0 amide bonds. The third-order valence-corrected chi connectivity index (χ3v) is 3.86. The van der Waals surface area contributed by atoms with Crippen LogP contribution in [-0.4, -0.2) is 21.4 Å². The topological polar surface area (TPSA) is 33.4 Å². The standard InChI is InChI=1S/C18H16N4/c1-21(12-14-7-3-2-4-8-14)18-17-11-19-13-22(17)16-10-6-5-9-15(16)20-18/h2-11,13H,12H2,1H3. The summed E-state index contributed by atoms with van der Waals surface area (Å²) in [5.74, 6) is 0.944. The first-order valence-electron chi connectivity index (χ1n) is 7.29. The Balaban J connectivity index is 1.84. The SMILES string of the molecule is CN(Cc1ccccc1)c1nc2ccccc2n2cncc12. The minimum absolute atomic E-state index is 0.813. The average Bonchev–Trinajstić information content (AvgIpc) is 3.05. The van der Waals surface area contributed by atoms with Crippen LogP contribution in [0, 0.1) is 0 Å². The van der Waals surface area contributed by atoms with Crippen molar-refractivity contribution in [1.82, 2.24) is 14.4 Å². The van der Waals surface area contributed by atoms with Crippen molar-refractivity contribution in [2.75, 3.05) is 11.9 Å². The predicted molar refractivity (Wildman–Crippen MR) is 89.0 cm³/mol. The van der Waals surface area contributed by atoms with Crippen molar-refractivity contribution in [3.63, 3.8) is 0 Å². The number of anilines is 1. The molecule has 0 bridgehead atoms. The van der Waals surface area contributed by atoms with Gasteiger partial charge in [-0.3, -0.25) is 4.40 Å². The summed E-state index contributed by atoms with van der Waals surface area (Å²) in [6.07, 6.45) is 3.72. The number of benzene rings is 2. The van der Waals surface area contributed by atoms with Crippen molar-refractivity contribution in [1.29, 1.82) is 0 Å². The molecule has 2 heterocycles. The molecule has 0 N–H and O–H groups in total. The van der Waals surface area contributed by atoms with Crippen LogP contribution in [0.2, 0.25) is 0 Å². The highest BCUT2D eigenvalue weighted by Gasteiger charge is 2.12. The highest BCUT2D eigenvalue weighted by atomic mass is 15.2. The molecule has 22 heavy (non-hydrogen) atoms. The zero-order valence-corrected chi connectivity index (χ0v) is 12.3. The quantitative estimate of drug-likeness (QED) is 0.578. The van der Waals surface area contributed by atoms with Gasteiger partial charge in [0.25, 0.3) is 0 Å². The molecule has 0 aliphatic carbocycles. The van der Waals surface area contributed by atoms with Crippen molar-refractivity contribution in [3.05, 3.63) is 72.7 Å². The molecule has 108 valence electrons. The minimum Gasteiger partial charge on any atom is -0.354 e. The third kappa shape index (κ3) is 2.09. The van der Waals surface area contributed by atoms with E-state index < -0.39 is 0 Å². The van der Waals surface area contributed by atoms with Crippen LogP contribution in [0.5, 0.6) is 0 Å². The second kappa shape index (κ2) is 5.15. The first kappa shape index (κ1) is 12.8. The van der Waals surface area contributed by atoms with Gasteiger partial charge in [0.2, 0.25) is 0 Å². The first-order chi connectivity index (χ1) is 10.8. The van der Waals surface area contributed by atoms with E-state index in [0.717, 1.165) is 28.9 Å². The molecular weight excluding hydrogens is 272 g/mol. The molecule has 0 radical (unpaired) electrons. The molecule has 0 unspecified atom stereocenters. The molecule has 0 saturated carbocycles. The summed E-state index contributed by atoms with van der Waals surface area (Å²) in [6.45, 7) is 0.813. The summed E-state index contributed by atoms with van der Waals surface area (Å²) in [7, 11) is 2.07. The van der Waals surface area contributed by atoms with Gasteiger partial charge in [0, 0.05) is 13.6 Å². The average molecular weight is 288 g/mol. The Morgan fingerprint density at radius 3 is 2.59 bits per heavy atom. The Kier molecular flexibility index (Phi) is 3.00. The van der Waals surface area contributed by atoms with E-state index >= 15 is 0 Å². The summed E-state index contributed by atoms with van der Waals surface area (Å²) in [6, 6.07) is 18.6. The fourth-order valence-electron chi connectivity index (χ4n) is 2.80. The van der Waals surface area contributed by atoms with E-state index in [9.17, 15) is 0 Å². The van der Waals surface area contributed by atoms with Gasteiger partial charge in [-0.05, 0) is 17.7 Å². The number of para-hydroxylation sites is 2. The molecular formula is C18H16N4. The number of rotatable bonds is 3. The Morgan fingerprint density at radius 2 is 1.73 bits per heavy atom. The van der Waals surface area contributed by atoms with E-state index in [4.69, 9.17) is 4.98 Å². The number of fused-ring (bicyclic) bond motifs is 3. The van der Waals surface area contributed by atoms with E-state index in [1.807, 2.05) is 36.8 Å². The van der Waals surface area contributed by atoms with Crippen molar-refractivity contribution in [3.8, 4) is 0 Å². The predicted octanol–water partition coefficient (Wildman–Crippen LogP) is 3.52. The largest absolute Gasteiger partial charge is 0.354 e. The molecule has 0 saturated heterocycles. The lowest BCUT2D eigenvalue weighted by atomic mass is 10.2. The summed E-state index contributed by atoms with van der Waals surface area (Å²) in [5.41, 5.74) is 4.34. The normalized spacial score (nSPS) is 11.1. The lowest BCUT2D eigenvalue weighted by molar-refractivity contribution is 0.903. The smallest absolute Gasteiger partial charge is 0.155 e. The van der Waals surface area contributed by atoms with Gasteiger partial charge in [-0.25, -0.2) is 9.97 Å². The highest BCUT2D eigenvalue weighted by Crippen LogP contribution is 2.24. The number of hydrogen-bond acceptors (Lipinski definition) is 3. The van der Waals surface area contributed by atoms with Crippen LogP contribution in [0.25, 0.3) is 16.6 Å². The van der Waals surface area contributed by atoms with E-state index in [1.54, 1.807) is 0 Å². The number of aromatic nitrogens is 3. The maximum Gasteiger partial charge on any atom is 0.155 e. The maximum atomic E-state index is 4.84. The molecule has 0 atom stereocenters. The Labute approximate surface area is 128 Å². The maximum absolute atomic E-state index is 4.84. The molecule has 0 aliphatic heterocycles. The fourth-order valence-corrected chi connectivity index (χ4v) is 2.80. The van der Waals surface area contributed by atoms with E-state index in [-0.39, 0.29) is 0 Å². The Bertz CT molecular complexity index is 928. The van der Waals surface area contributed by atoms with Gasteiger partial charge in [0.05, 0.1) is 23.6 Å². The lowest BCUT2D eigenvalue weighted by Crippen LogP contribution is -2.18.